The minimum Gasteiger partial charge on any atom is -0.481 e. The topological polar surface area (TPSA) is 104 Å². The van der Waals surface area contributed by atoms with Gasteiger partial charge in [-0.15, -0.1) is 0 Å². The number of nitrogens with zero attached hydrogens (tertiary/aromatic N) is 1. The number of halogens is 3. The molecule has 0 fully saturated rings. The fraction of sp³-hybridized carbons (Fsp3) is 0.583. The van der Waals surface area contributed by atoms with E-state index in [9.17, 15) is 22.8 Å². The summed E-state index contributed by atoms with van der Waals surface area (Å²) in [6, 6.07) is 0. The average Bonchev–Trinajstić information content (AvgIpc) is 2.32. The number of aromatic nitrogens is 2. The first-order valence-electron chi connectivity index (χ1n) is 6.25. The van der Waals surface area contributed by atoms with Gasteiger partial charge in [-0.3, -0.25) is 9.59 Å². The van der Waals surface area contributed by atoms with Crippen LogP contribution in [0.1, 0.15) is 25.8 Å². The SMILES string of the molecule is CC(C)(COCCC(=O)O)Nc1cn[nH]c(=O)c1C(F)(F)F. The fourth-order valence-electron chi connectivity index (χ4n) is 1.66. The van der Waals surface area contributed by atoms with Crippen molar-refractivity contribution in [2.45, 2.75) is 32.0 Å². The predicted octanol–water partition coefficient (Wildman–Crippen LogP) is 1.47. The van der Waals surface area contributed by atoms with Crippen LogP contribution in [0.5, 0.6) is 0 Å². The van der Waals surface area contributed by atoms with Gasteiger partial charge in [0, 0.05) is 0 Å². The van der Waals surface area contributed by atoms with Gasteiger partial charge in [-0.1, -0.05) is 0 Å². The summed E-state index contributed by atoms with van der Waals surface area (Å²) in [5, 5.41) is 16.1. The Kier molecular flexibility index (Phi) is 5.53. The first-order valence-corrected chi connectivity index (χ1v) is 6.25. The molecule has 0 amide bonds. The summed E-state index contributed by atoms with van der Waals surface area (Å²) in [6.45, 7) is 2.98. The van der Waals surface area contributed by atoms with Gasteiger partial charge in [-0.2, -0.15) is 18.3 Å². The van der Waals surface area contributed by atoms with Crippen LogP contribution in [0.25, 0.3) is 0 Å². The molecule has 0 saturated heterocycles. The van der Waals surface area contributed by atoms with Crippen LogP contribution in [0.2, 0.25) is 0 Å². The highest BCUT2D eigenvalue weighted by atomic mass is 19.4. The van der Waals surface area contributed by atoms with Gasteiger partial charge in [0.15, 0.2) is 0 Å². The molecule has 1 rings (SSSR count). The van der Waals surface area contributed by atoms with Crippen LogP contribution < -0.4 is 10.9 Å². The molecule has 0 aliphatic carbocycles. The maximum absolute atomic E-state index is 12.9. The number of H-pyrrole nitrogens is 1. The van der Waals surface area contributed by atoms with Crippen LogP contribution in [0.15, 0.2) is 11.0 Å². The van der Waals surface area contributed by atoms with E-state index >= 15 is 0 Å². The molecule has 22 heavy (non-hydrogen) atoms. The number of aromatic amines is 1. The highest BCUT2D eigenvalue weighted by Gasteiger charge is 2.38. The van der Waals surface area contributed by atoms with E-state index in [1.807, 2.05) is 0 Å². The number of alkyl halides is 3. The average molecular weight is 323 g/mol. The van der Waals surface area contributed by atoms with Crippen molar-refractivity contribution < 1.29 is 27.8 Å². The van der Waals surface area contributed by atoms with Crippen molar-refractivity contribution in [3.05, 3.63) is 22.1 Å². The van der Waals surface area contributed by atoms with Crippen LogP contribution >= 0.6 is 0 Å². The van der Waals surface area contributed by atoms with Gasteiger partial charge in [0.1, 0.15) is 5.56 Å². The summed E-state index contributed by atoms with van der Waals surface area (Å²) >= 11 is 0. The number of hydrogen-bond acceptors (Lipinski definition) is 5. The summed E-state index contributed by atoms with van der Waals surface area (Å²) in [6.07, 6.45) is -4.18. The number of anilines is 1. The standard InChI is InChI=1S/C12H16F3N3O4/c1-11(2,6-22-4-3-8(19)20)17-7-5-16-18-10(21)9(7)12(13,14)15/h5H,3-4,6H2,1-2H3,(H,19,20)(H2,17,18,21). The number of rotatable bonds is 7. The van der Waals surface area contributed by atoms with Gasteiger partial charge < -0.3 is 15.2 Å². The highest BCUT2D eigenvalue weighted by molar-refractivity contribution is 5.66. The Morgan fingerprint density at radius 2 is 2.09 bits per heavy atom. The Balaban J connectivity index is 2.83. The Bertz CT molecular complexity index is 584. The molecule has 0 radical (unpaired) electrons. The molecule has 1 heterocycles. The molecule has 0 saturated carbocycles. The smallest absolute Gasteiger partial charge is 0.423 e. The number of aliphatic carboxylic acids is 1. The lowest BCUT2D eigenvalue weighted by Gasteiger charge is -2.28. The molecule has 0 bridgehead atoms. The minimum absolute atomic E-state index is 0.0512. The van der Waals surface area contributed by atoms with Crippen molar-refractivity contribution in [3.8, 4) is 0 Å². The van der Waals surface area contributed by atoms with Crippen LogP contribution in [0.4, 0.5) is 18.9 Å². The summed E-state index contributed by atoms with van der Waals surface area (Å²) in [4.78, 5) is 21.7. The minimum atomic E-state index is -4.83. The lowest BCUT2D eigenvalue weighted by atomic mass is 10.1. The summed E-state index contributed by atoms with van der Waals surface area (Å²) in [7, 11) is 0. The quantitative estimate of drug-likeness (QED) is 0.656. The number of carboxylic acids is 1. The second-order valence-corrected chi connectivity index (χ2v) is 5.19. The van der Waals surface area contributed by atoms with E-state index in [4.69, 9.17) is 9.84 Å². The second kappa shape index (κ2) is 6.77. The number of ether oxygens (including phenoxy) is 1. The van der Waals surface area contributed by atoms with Gasteiger partial charge in [-0.05, 0) is 13.8 Å². The van der Waals surface area contributed by atoms with E-state index in [0.29, 0.717) is 0 Å². The van der Waals surface area contributed by atoms with Crippen molar-refractivity contribution in [1.82, 2.24) is 10.2 Å². The third-order valence-corrected chi connectivity index (χ3v) is 2.54. The highest BCUT2D eigenvalue weighted by Crippen LogP contribution is 2.32. The normalized spacial score (nSPS) is 12.2. The fourth-order valence-corrected chi connectivity index (χ4v) is 1.66. The van der Waals surface area contributed by atoms with E-state index in [1.54, 1.807) is 18.9 Å². The maximum atomic E-state index is 12.9. The van der Waals surface area contributed by atoms with Gasteiger partial charge in [0.25, 0.3) is 5.56 Å². The van der Waals surface area contributed by atoms with Crippen molar-refractivity contribution in [2.24, 2.45) is 0 Å². The molecule has 124 valence electrons. The first-order chi connectivity index (χ1) is 10.0. The lowest BCUT2D eigenvalue weighted by molar-refractivity contribution is -0.139. The largest absolute Gasteiger partial charge is 0.481 e. The molecule has 0 aliphatic heterocycles. The number of carbonyl (C=O) groups is 1. The summed E-state index contributed by atoms with van der Waals surface area (Å²) in [5.74, 6) is -1.04. The molecule has 1 aromatic heterocycles. The third-order valence-electron chi connectivity index (χ3n) is 2.54. The molecule has 0 spiro atoms. The molecule has 10 heteroatoms. The Morgan fingerprint density at radius 1 is 1.45 bits per heavy atom. The van der Waals surface area contributed by atoms with Gasteiger partial charge in [0.05, 0.1) is 37.1 Å². The Morgan fingerprint density at radius 3 is 2.64 bits per heavy atom. The van der Waals surface area contributed by atoms with Crippen molar-refractivity contribution in [1.29, 1.82) is 0 Å². The van der Waals surface area contributed by atoms with Gasteiger partial charge in [-0.25, -0.2) is 5.10 Å². The zero-order chi connectivity index (χ0) is 17.0. The Labute approximate surface area is 123 Å². The van der Waals surface area contributed by atoms with Crippen LogP contribution in [0, 0.1) is 0 Å². The van der Waals surface area contributed by atoms with Crippen LogP contribution in [-0.4, -0.2) is 40.0 Å². The summed E-state index contributed by atoms with van der Waals surface area (Å²) < 4.78 is 43.8. The third kappa shape index (κ3) is 5.35. The number of nitrogens with one attached hydrogen (secondary N) is 2. The molecule has 7 nitrogen and oxygen atoms in total. The van der Waals surface area contributed by atoms with E-state index < -0.39 is 34.5 Å². The molecule has 0 aliphatic rings. The Hall–Kier alpha value is -2.10. The van der Waals surface area contributed by atoms with E-state index in [2.05, 4.69) is 10.4 Å². The monoisotopic (exact) mass is 323 g/mol. The van der Waals surface area contributed by atoms with E-state index in [-0.39, 0.29) is 19.6 Å². The van der Waals surface area contributed by atoms with Crippen molar-refractivity contribution >= 4 is 11.7 Å². The van der Waals surface area contributed by atoms with Crippen molar-refractivity contribution in [2.75, 3.05) is 18.5 Å². The van der Waals surface area contributed by atoms with E-state index in [0.717, 1.165) is 6.20 Å². The van der Waals surface area contributed by atoms with Crippen LogP contribution in [0.3, 0.4) is 0 Å². The predicted molar refractivity (Wildman–Crippen MR) is 70.6 cm³/mol. The van der Waals surface area contributed by atoms with Gasteiger partial charge in [0.2, 0.25) is 0 Å². The molecule has 0 atom stereocenters. The summed E-state index contributed by atoms with van der Waals surface area (Å²) in [5.41, 5.74) is -4.15. The molecule has 1 aromatic rings. The maximum Gasteiger partial charge on any atom is 0.423 e. The molecule has 3 N–H and O–H groups in total. The number of hydrogen-bond donors (Lipinski definition) is 3. The second-order valence-electron chi connectivity index (χ2n) is 5.19. The zero-order valence-electron chi connectivity index (χ0n) is 12.0. The van der Waals surface area contributed by atoms with Crippen molar-refractivity contribution in [3.63, 3.8) is 0 Å². The first kappa shape index (κ1) is 18.0. The van der Waals surface area contributed by atoms with Crippen LogP contribution in [-0.2, 0) is 15.7 Å². The molecule has 0 aromatic carbocycles. The zero-order valence-corrected chi connectivity index (χ0v) is 12.0. The van der Waals surface area contributed by atoms with E-state index in [1.165, 1.54) is 0 Å². The molecular formula is C12H16F3N3O4. The van der Waals surface area contributed by atoms with Gasteiger partial charge >= 0.3 is 12.1 Å². The molecule has 0 unspecified atom stereocenters. The lowest BCUT2D eigenvalue weighted by Crippen LogP contribution is -2.38. The number of carboxylic acid groups (broad SMARTS) is 1. The molecular weight excluding hydrogens is 307 g/mol.